The molecular weight excluding hydrogens is 568 g/mol. The number of likely N-dealkylation sites (tertiary alicyclic amines) is 1. The van der Waals surface area contributed by atoms with E-state index < -0.39 is 0 Å². The van der Waals surface area contributed by atoms with Crippen LogP contribution < -0.4 is 30.2 Å². The predicted molar refractivity (Wildman–Crippen MR) is 180 cm³/mol. The molecule has 9 nitrogen and oxygen atoms in total. The number of ether oxygens (including phenoxy) is 3. The molecule has 0 spiro atoms. The second-order valence-electron chi connectivity index (χ2n) is 11.3. The number of urea groups is 1. The fourth-order valence-electron chi connectivity index (χ4n) is 5.23. The summed E-state index contributed by atoms with van der Waals surface area (Å²) in [5.41, 5.74) is 1.81. The van der Waals surface area contributed by atoms with E-state index >= 15 is 0 Å². The zero-order valence-corrected chi connectivity index (χ0v) is 27.1. The van der Waals surface area contributed by atoms with Crippen molar-refractivity contribution in [2.45, 2.75) is 78.4 Å². The SMILES string of the molecule is CCCCN1CCC(Oc2ccc(C(=O)Nc3ccc(Oc4ccc(NC(=O)NC(CC)CC)cc4OCC)cc3)cc2)CC1. The van der Waals surface area contributed by atoms with Crippen molar-refractivity contribution in [1.82, 2.24) is 10.2 Å². The lowest BCUT2D eigenvalue weighted by molar-refractivity contribution is 0.0996. The lowest BCUT2D eigenvalue weighted by Gasteiger charge is -2.32. The fourth-order valence-corrected chi connectivity index (χ4v) is 5.23. The number of amides is 3. The third kappa shape index (κ3) is 10.4. The van der Waals surface area contributed by atoms with Gasteiger partial charge in [0.25, 0.3) is 5.91 Å². The van der Waals surface area contributed by atoms with Crippen LogP contribution in [0, 0.1) is 0 Å². The van der Waals surface area contributed by atoms with Crippen LogP contribution in [0.25, 0.3) is 0 Å². The van der Waals surface area contributed by atoms with E-state index in [-0.39, 0.29) is 24.1 Å². The Morgan fingerprint density at radius 2 is 1.49 bits per heavy atom. The van der Waals surface area contributed by atoms with Crippen LogP contribution in [0.2, 0.25) is 0 Å². The number of piperidine rings is 1. The van der Waals surface area contributed by atoms with Gasteiger partial charge in [-0.15, -0.1) is 0 Å². The first-order valence-corrected chi connectivity index (χ1v) is 16.3. The number of nitrogens with zero attached hydrogens (tertiary/aromatic N) is 1. The Bertz CT molecular complexity index is 1350. The molecule has 45 heavy (non-hydrogen) atoms. The van der Waals surface area contributed by atoms with E-state index in [2.05, 4.69) is 27.8 Å². The second-order valence-corrected chi connectivity index (χ2v) is 11.3. The minimum absolute atomic E-state index is 0.125. The minimum atomic E-state index is -0.254. The molecule has 0 aromatic heterocycles. The molecule has 0 unspecified atom stereocenters. The number of benzene rings is 3. The molecule has 3 aromatic carbocycles. The molecule has 0 bridgehead atoms. The third-order valence-electron chi connectivity index (χ3n) is 7.94. The van der Waals surface area contributed by atoms with Gasteiger partial charge in [-0.05, 0) is 106 Å². The lowest BCUT2D eigenvalue weighted by atomic mass is 10.1. The van der Waals surface area contributed by atoms with Gasteiger partial charge in [-0.1, -0.05) is 27.2 Å². The Morgan fingerprint density at radius 1 is 0.822 bits per heavy atom. The van der Waals surface area contributed by atoms with E-state index in [1.54, 1.807) is 54.6 Å². The van der Waals surface area contributed by atoms with Crippen molar-refractivity contribution in [2.75, 3.05) is 36.9 Å². The van der Waals surface area contributed by atoms with E-state index in [1.165, 1.54) is 19.4 Å². The highest BCUT2D eigenvalue weighted by atomic mass is 16.5. The first-order chi connectivity index (χ1) is 21.9. The molecule has 1 aliphatic heterocycles. The van der Waals surface area contributed by atoms with Gasteiger partial charge in [-0.25, -0.2) is 4.79 Å². The van der Waals surface area contributed by atoms with E-state index in [9.17, 15) is 9.59 Å². The molecule has 0 aliphatic carbocycles. The summed E-state index contributed by atoms with van der Waals surface area (Å²) in [6, 6.07) is 19.6. The van der Waals surface area contributed by atoms with Crippen LogP contribution in [0.3, 0.4) is 0 Å². The van der Waals surface area contributed by atoms with Crippen LogP contribution in [-0.2, 0) is 0 Å². The Balaban J connectivity index is 1.28. The van der Waals surface area contributed by atoms with Crippen molar-refractivity contribution in [2.24, 2.45) is 0 Å². The Labute approximate surface area is 267 Å². The molecule has 9 heteroatoms. The van der Waals surface area contributed by atoms with Gasteiger partial charge in [0.2, 0.25) is 0 Å². The number of unbranched alkanes of at least 4 members (excludes halogenated alkanes) is 1. The molecular formula is C36H48N4O5. The number of rotatable bonds is 15. The second kappa shape index (κ2) is 17.3. The minimum Gasteiger partial charge on any atom is -0.490 e. The Hall–Kier alpha value is -4.24. The van der Waals surface area contributed by atoms with Crippen molar-refractivity contribution in [3.8, 4) is 23.0 Å². The average molecular weight is 617 g/mol. The van der Waals surface area contributed by atoms with Crippen molar-refractivity contribution >= 4 is 23.3 Å². The zero-order chi connectivity index (χ0) is 32.0. The summed E-state index contributed by atoms with van der Waals surface area (Å²) in [5, 5.41) is 8.77. The predicted octanol–water partition coefficient (Wildman–Crippen LogP) is 8.08. The first kappa shape index (κ1) is 33.6. The number of anilines is 2. The lowest BCUT2D eigenvalue weighted by Crippen LogP contribution is -2.38. The molecule has 242 valence electrons. The van der Waals surface area contributed by atoms with Crippen LogP contribution in [0.4, 0.5) is 16.2 Å². The molecule has 1 aliphatic rings. The van der Waals surface area contributed by atoms with Gasteiger partial charge in [0.15, 0.2) is 11.5 Å². The molecule has 3 N–H and O–H groups in total. The van der Waals surface area contributed by atoms with Crippen LogP contribution in [0.5, 0.6) is 23.0 Å². The molecule has 0 atom stereocenters. The van der Waals surface area contributed by atoms with E-state index in [0.29, 0.717) is 40.8 Å². The number of carbonyl (C=O) groups excluding carboxylic acids is 2. The highest BCUT2D eigenvalue weighted by Crippen LogP contribution is 2.34. The smallest absolute Gasteiger partial charge is 0.319 e. The van der Waals surface area contributed by atoms with Crippen molar-refractivity contribution in [3.05, 3.63) is 72.3 Å². The van der Waals surface area contributed by atoms with Crippen LogP contribution in [0.1, 0.15) is 76.6 Å². The summed E-state index contributed by atoms with van der Waals surface area (Å²) in [6.07, 6.45) is 6.47. The maximum absolute atomic E-state index is 12.9. The van der Waals surface area contributed by atoms with Crippen molar-refractivity contribution in [3.63, 3.8) is 0 Å². The van der Waals surface area contributed by atoms with Crippen LogP contribution in [0.15, 0.2) is 66.7 Å². The zero-order valence-electron chi connectivity index (χ0n) is 27.1. The molecule has 0 radical (unpaired) electrons. The van der Waals surface area contributed by atoms with Gasteiger partial charge in [0.05, 0.1) is 6.61 Å². The molecule has 1 heterocycles. The largest absolute Gasteiger partial charge is 0.490 e. The highest BCUT2D eigenvalue weighted by molar-refractivity contribution is 6.04. The fraction of sp³-hybridized carbons (Fsp3) is 0.444. The monoisotopic (exact) mass is 616 g/mol. The van der Waals surface area contributed by atoms with E-state index in [1.807, 2.05) is 32.9 Å². The molecule has 3 aromatic rings. The summed E-state index contributed by atoms with van der Waals surface area (Å²) >= 11 is 0. The summed E-state index contributed by atoms with van der Waals surface area (Å²) < 4.78 is 18.1. The summed E-state index contributed by atoms with van der Waals surface area (Å²) in [7, 11) is 0. The highest BCUT2D eigenvalue weighted by Gasteiger charge is 2.20. The van der Waals surface area contributed by atoms with Gasteiger partial charge >= 0.3 is 6.03 Å². The summed E-state index contributed by atoms with van der Waals surface area (Å²) in [6.45, 7) is 12.0. The summed E-state index contributed by atoms with van der Waals surface area (Å²) in [5.74, 6) is 2.21. The first-order valence-electron chi connectivity index (χ1n) is 16.3. The van der Waals surface area contributed by atoms with Gasteiger partial charge in [-0.2, -0.15) is 0 Å². The van der Waals surface area contributed by atoms with Gasteiger partial charge in [0.1, 0.15) is 17.6 Å². The normalized spacial score (nSPS) is 13.7. The van der Waals surface area contributed by atoms with Crippen LogP contribution >= 0.6 is 0 Å². The summed E-state index contributed by atoms with van der Waals surface area (Å²) in [4.78, 5) is 27.8. The average Bonchev–Trinajstić information content (AvgIpc) is 3.05. The number of carbonyl (C=O) groups is 2. The molecule has 1 saturated heterocycles. The Morgan fingerprint density at radius 3 is 2.13 bits per heavy atom. The van der Waals surface area contributed by atoms with Gasteiger partial charge in [-0.3, -0.25) is 4.79 Å². The third-order valence-corrected chi connectivity index (χ3v) is 7.94. The van der Waals surface area contributed by atoms with Gasteiger partial charge < -0.3 is 35.1 Å². The topological polar surface area (TPSA) is 101 Å². The number of hydrogen-bond acceptors (Lipinski definition) is 6. The molecule has 1 fully saturated rings. The number of nitrogens with one attached hydrogen (secondary N) is 3. The van der Waals surface area contributed by atoms with Crippen LogP contribution in [-0.4, -0.2) is 55.2 Å². The maximum Gasteiger partial charge on any atom is 0.319 e. The molecule has 0 saturated carbocycles. The van der Waals surface area contributed by atoms with E-state index in [4.69, 9.17) is 14.2 Å². The standard InChI is InChI=1S/C36H48N4O5/c1-5-9-22-40-23-20-32(21-24-40)44-30-15-10-26(11-16-30)35(41)37-28-12-17-31(18-13-28)45-33-19-14-29(25-34(33)43-8-4)39-36(42)38-27(6-2)7-3/h10-19,25,27,32H,5-9,20-24H2,1-4H3,(H,37,41)(H2,38,39,42). The Kier molecular flexibility index (Phi) is 12.9. The molecule has 3 amide bonds. The van der Waals surface area contributed by atoms with Crippen molar-refractivity contribution < 1.29 is 23.8 Å². The van der Waals surface area contributed by atoms with E-state index in [0.717, 1.165) is 44.5 Å². The molecule has 4 rings (SSSR count). The quantitative estimate of drug-likeness (QED) is 0.160. The number of hydrogen-bond donors (Lipinski definition) is 3. The van der Waals surface area contributed by atoms with Crippen molar-refractivity contribution in [1.29, 1.82) is 0 Å². The maximum atomic E-state index is 12.9. The van der Waals surface area contributed by atoms with Gasteiger partial charge in [0, 0.05) is 42.1 Å².